The predicted molar refractivity (Wildman–Crippen MR) is 65.5 cm³/mol. The molecule has 0 aromatic heterocycles. The van der Waals surface area contributed by atoms with Crippen LogP contribution in [0.4, 0.5) is 5.69 Å². The molecule has 1 aliphatic heterocycles. The van der Waals surface area contributed by atoms with E-state index in [0.717, 1.165) is 17.8 Å². The number of fused-ring (bicyclic) bond motifs is 1. The molecule has 4 heteroatoms. The van der Waals surface area contributed by atoms with E-state index < -0.39 is 5.97 Å². The number of hydrogen-bond acceptors (Lipinski definition) is 3. The molecule has 0 aliphatic carbocycles. The molecule has 0 saturated heterocycles. The lowest BCUT2D eigenvalue weighted by Gasteiger charge is -2.14. The Labute approximate surface area is 100 Å². The number of aromatic hydroxyl groups is 1. The van der Waals surface area contributed by atoms with Crippen molar-refractivity contribution in [1.82, 2.24) is 0 Å². The quantitative estimate of drug-likeness (QED) is 0.841. The molecule has 0 bridgehead atoms. The third-order valence-electron chi connectivity index (χ3n) is 3.42. The highest BCUT2D eigenvalue weighted by atomic mass is 16.4. The maximum absolute atomic E-state index is 10.9. The van der Waals surface area contributed by atoms with Crippen molar-refractivity contribution < 1.29 is 15.0 Å². The first-order valence-electron chi connectivity index (χ1n) is 5.76. The van der Waals surface area contributed by atoms with Crippen molar-refractivity contribution >= 4 is 11.7 Å². The molecule has 92 valence electrons. The van der Waals surface area contributed by atoms with Crippen molar-refractivity contribution in [2.24, 2.45) is 5.92 Å². The Bertz CT molecular complexity index is 444. The van der Waals surface area contributed by atoms with E-state index in [1.54, 1.807) is 19.1 Å². The Kier molecular flexibility index (Phi) is 2.96. The van der Waals surface area contributed by atoms with Crippen LogP contribution in [0.15, 0.2) is 18.2 Å². The summed E-state index contributed by atoms with van der Waals surface area (Å²) in [6.45, 7) is 2.54. The molecule has 2 atom stereocenters. The minimum absolute atomic E-state index is 0.188. The fourth-order valence-electron chi connectivity index (χ4n) is 2.47. The zero-order valence-electron chi connectivity index (χ0n) is 10.1. The van der Waals surface area contributed by atoms with Crippen molar-refractivity contribution in [3.05, 3.63) is 23.8 Å². The highest BCUT2D eigenvalue weighted by Crippen LogP contribution is 2.40. The van der Waals surface area contributed by atoms with Gasteiger partial charge in [0.05, 0.1) is 5.92 Å². The first-order valence-corrected chi connectivity index (χ1v) is 5.76. The predicted octanol–water partition coefficient (Wildman–Crippen LogP) is 2.04. The monoisotopic (exact) mass is 235 g/mol. The van der Waals surface area contributed by atoms with Gasteiger partial charge in [-0.1, -0.05) is 6.92 Å². The molecule has 2 unspecified atom stereocenters. The van der Waals surface area contributed by atoms with E-state index in [2.05, 4.69) is 4.90 Å². The first kappa shape index (κ1) is 11.8. The van der Waals surface area contributed by atoms with Crippen LogP contribution in [0.5, 0.6) is 5.75 Å². The van der Waals surface area contributed by atoms with E-state index in [0.29, 0.717) is 6.42 Å². The molecular weight excluding hydrogens is 218 g/mol. The van der Waals surface area contributed by atoms with Crippen LogP contribution in [0.25, 0.3) is 0 Å². The second-order valence-electron chi connectivity index (χ2n) is 4.80. The lowest BCUT2D eigenvalue weighted by atomic mass is 9.91. The molecule has 0 saturated carbocycles. The number of phenolic OH excluding ortho intramolecular Hbond substituents is 1. The van der Waals surface area contributed by atoms with Crippen LogP contribution in [-0.2, 0) is 4.79 Å². The number of nitrogens with zero attached hydrogens (tertiary/aromatic N) is 1. The summed E-state index contributed by atoms with van der Waals surface area (Å²) in [5.41, 5.74) is 2.14. The maximum atomic E-state index is 10.9. The number of hydrogen-bond donors (Lipinski definition) is 2. The van der Waals surface area contributed by atoms with Crippen LogP contribution in [0, 0.1) is 5.92 Å². The summed E-state index contributed by atoms with van der Waals surface area (Å²) in [7, 11) is 1.99. The van der Waals surface area contributed by atoms with Gasteiger partial charge in [0.15, 0.2) is 0 Å². The molecule has 1 aliphatic rings. The van der Waals surface area contributed by atoms with Crippen molar-refractivity contribution in [2.45, 2.75) is 19.3 Å². The zero-order valence-corrected chi connectivity index (χ0v) is 10.1. The molecule has 2 rings (SSSR count). The molecule has 17 heavy (non-hydrogen) atoms. The topological polar surface area (TPSA) is 60.8 Å². The van der Waals surface area contributed by atoms with Crippen LogP contribution >= 0.6 is 0 Å². The van der Waals surface area contributed by atoms with Crippen molar-refractivity contribution in [3.63, 3.8) is 0 Å². The van der Waals surface area contributed by atoms with Gasteiger partial charge in [-0.15, -0.1) is 0 Å². The molecule has 0 spiro atoms. The third-order valence-corrected chi connectivity index (χ3v) is 3.42. The van der Waals surface area contributed by atoms with Gasteiger partial charge in [0.25, 0.3) is 0 Å². The highest BCUT2D eigenvalue weighted by Gasteiger charge is 2.29. The minimum Gasteiger partial charge on any atom is -0.508 e. The average Bonchev–Trinajstić information content (AvgIpc) is 2.55. The maximum Gasteiger partial charge on any atom is 0.306 e. The number of rotatable bonds is 3. The summed E-state index contributed by atoms with van der Waals surface area (Å²) in [5, 5.41) is 18.5. The van der Waals surface area contributed by atoms with Gasteiger partial charge < -0.3 is 15.1 Å². The molecule has 1 heterocycles. The summed E-state index contributed by atoms with van der Waals surface area (Å²) in [6.07, 6.45) is 0.607. The van der Waals surface area contributed by atoms with E-state index in [1.165, 1.54) is 0 Å². The molecule has 0 fully saturated rings. The van der Waals surface area contributed by atoms with Gasteiger partial charge in [0.2, 0.25) is 0 Å². The second-order valence-corrected chi connectivity index (χ2v) is 4.80. The van der Waals surface area contributed by atoms with E-state index >= 15 is 0 Å². The minimum atomic E-state index is -0.763. The molecule has 0 radical (unpaired) electrons. The number of carbonyl (C=O) groups is 1. The van der Waals surface area contributed by atoms with Crippen molar-refractivity contribution in [2.75, 3.05) is 18.5 Å². The second kappa shape index (κ2) is 4.28. The average molecular weight is 235 g/mol. The number of aliphatic carboxylic acids is 1. The van der Waals surface area contributed by atoms with Gasteiger partial charge in [-0.2, -0.15) is 0 Å². The molecule has 4 nitrogen and oxygen atoms in total. The zero-order chi connectivity index (χ0) is 12.6. The number of carboxylic acids is 1. The normalized spacial score (nSPS) is 20.1. The molecule has 1 aromatic carbocycles. The summed E-state index contributed by atoms with van der Waals surface area (Å²) < 4.78 is 0. The molecule has 1 aromatic rings. The first-order chi connectivity index (χ1) is 7.99. The Balaban J connectivity index is 2.24. The van der Waals surface area contributed by atoms with Gasteiger partial charge >= 0.3 is 5.97 Å². The van der Waals surface area contributed by atoms with Gasteiger partial charge in [-0.05, 0) is 30.2 Å². The fourth-order valence-corrected chi connectivity index (χ4v) is 2.47. The summed E-state index contributed by atoms with van der Waals surface area (Å²) in [4.78, 5) is 13.0. The summed E-state index contributed by atoms with van der Waals surface area (Å²) in [5.74, 6) is -0.691. The van der Waals surface area contributed by atoms with Crippen LogP contribution in [0.1, 0.15) is 24.8 Å². The summed E-state index contributed by atoms with van der Waals surface area (Å²) >= 11 is 0. The lowest BCUT2D eigenvalue weighted by molar-refractivity contribution is -0.141. The van der Waals surface area contributed by atoms with Crippen LogP contribution in [-0.4, -0.2) is 29.8 Å². The van der Waals surface area contributed by atoms with Crippen molar-refractivity contribution in [1.29, 1.82) is 0 Å². The Morgan fingerprint density at radius 2 is 2.29 bits per heavy atom. The highest BCUT2D eigenvalue weighted by molar-refractivity contribution is 5.70. The van der Waals surface area contributed by atoms with E-state index in [9.17, 15) is 9.90 Å². The van der Waals surface area contributed by atoms with Gasteiger partial charge in [-0.3, -0.25) is 4.79 Å². The van der Waals surface area contributed by atoms with Crippen LogP contribution in [0.2, 0.25) is 0 Å². The number of anilines is 1. The smallest absolute Gasteiger partial charge is 0.306 e. The Hall–Kier alpha value is -1.71. The fraction of sp³-hybridized carbons (Fsp3) is 0.462. The SMILES string of the molecule is CC(CC1CN(C)c2ccc(O)cc21)C(=O)O. The van der Waals surface area contributed by atoms with E-state index in [4.69, 9.17) is 5.11 Å². The van der Waals surface area contributed by atoms with E-state index in [-0.39, 0.29) is 17.6 Å². The summed E-state index contributed by atoms with van der Waals surface area (Å²) in [6, 6.07) is 5.30. The largest absolute Gasteiger partial charge is 0.508 e. The van der Waals surface area contributed by atoms with Crippen molar-refractivity contribution in [3.8, 4) is 5.75 Å². The number of carboxylic acid groups (broad SMARTS) is 1. The Morgan fingerprint density at radius 3 is 2.94 bits per heavy atom. The van der Waals surface area contributed by atoms with E-state index in [1.807, 2.05) is 13.1 Å². The third kappa shape index (κ3) is 2.20. The number of benzene rings is 1. The van der Waals surface area contributed by atoms with Gasteiger partial charge in [0.1, 0.15) is 5.75 Å². The number of likely N-dealkylation sites (N-methyl/N-ethyl adjacent to an activating group) is 1. The van der Waals surface area contributed by atoms with Gasteiger partial charge in [-0.25, -0.2) is 0 Å². The van der Waals surface area contributed by atoms with Crippen LogP contribution in [0.3, 0.4) is 0 Å². The van der Waals surface area contributed by atoms with Gasteiger partial charge in [0, 0.05) is 25.2 Å². The Morgan fingerprint density at radius 1 is 1.59 bits per heavy atom. The lowest BCUT2D eigenvalue weighted by Crippen LogP contribution is -2.19. The standard InChI is InChI=1S/C13H17NO3/c1-8(13(16)17)5-9-7-14(2)12-4-3-10(15)6-11(9)12/h3-4,6,8-9,15H,5,7H2,1-2H3,(H,16,17). The molecular formula is C13H17NO3. The number of phenols is 1. The van der Waals surface area contributed by atoms with Crippen LogP contribution < -0.4 is 4.90 Å². The molecule has 2 N–H and O–H groups in total. The molecule has 0 amide bonds.